The van der Waals surface area contributed by atoms with Crippen molar-refractivity contribution >= 4 is 38.4 Å². The largest absolute Gasteiger partial charge is 0.490 e. The number of hydrogen-bond donors (Lipinski definition) is 0. The standard InChI is InChI=1S/C29H34ClNO3Si/c1-21-25(22-10-8-7-9-11-22)14-15-31-27(21)13-12-23-19-28(24(20-32)18-26(23)30)33-16-17-34-35(5,6)29(2,3)4/h7-15,18-20H,16-17H2,1-6H3/b13-12+. The second-order valence-corrected chi connectivity index (χ2v) is 15.3. The number of hydrogen-bond acceptors (Lipinski definition) is 4. The minimum Gasteiger partial charge on any atom is -0.490 e. The molecular weight excluding hydrogens is 474 g/mol. The lowest BCUT2D eigenvalue weighted by molar-refractivity contribution is 0.111. The molecule has 0 radical (unpaired) electrons. The third-order valence-electron chi connectivity index (χ3n) is 6.61. The number of ether oxygens (including phenoxy) is 1. The summed E-state index contributed by atoms with van der Waals surface area (Å²) in [5, 5.41) is 0.605. The molecule has 2 aromatic carbocycles. The highest BCUT2D eigenvalue weighted by atomic mass is 35.5. The maximum atomic E-state index is 11.6. The molecule has 0 unspecified atom stereocenters. The Kier molecular flexibility index (Phi) is 8.70. The number of halogens is 1. The summed E-state index contributed by atoms with van der Waals surface area (Å²) in [4.78, 5) is 16.2. The summed E-state index contributed by atoms with van der Waals surface area (Å²) in [5.74, 6) is 0.491. The van der Waals surface area contributed by atoms with Gasteiger partial charge in [-0.2, -0.15) is 0 Å². The van der Waals surface area contributed by atoms with Gasteiger partial charge in [-0.3, -0.25) is 9.78 Å². The summed E-state index contributed by atoms with van der Waals surface area (Å²) >= 11 is 6.48. The first-order valence-electron chi connectivity index (χ1n) is 11.8. The lowest BCUT2D eigenvalue weighted by Crippen LogP contribution is -2.41. The summed E-state index contributed by atoms with van der Waals surface area (Å²) in [6, 6.07) is 15.7. The normalized spacial score (nSPS) is 12.2. The van der Waals surface area contributed by atoms with Crippen LogP contribution in [-0.2, 0) is 4.43 Å². The highest BCUT2D eigenvalue weighted by Gasteiger charge is 2.36. The molecule has 1 heterocycles. The third-order valence-corrected chi connectivity index (χ3v) is 11.5. The van der Waals surface area contributed by atoms with Crippen molar-refractivity contribution in [1.82, 2.24) is 4.98 Å². The van der Waals surface area contributed by atoms with Crippen molar-refractivity contribution in [1.29, 1.82) is 0 Å². The van der Waals surface area contributed by atoms with Gasteiger partial charge in [0.1, 0.15) is 12.4 Å². The summed E-state index contributed by atoms with van der Waals surface area (Å²) in [6.45, 7) is 13.9. The lowest BCUT2D eigenvalue weighted by Gasteiger charge is -2.36. The minimum atomic E-state index is -1.86. The van der Waals surface area contributed by atoms with Gasteiger partial charge >= 0.3 is 0 Å². The van der Waals surface area contributed by atoms with E-state index < -0.39 is 8.32 Å². The molecule has 0 fully saturated rings. The monoisotopic (exact) mass is 507 g/mol. The van der Waals surface area contributed by atoms with E-state index in [1.807, 2.05) is 42.6 Å². The van der Waals surface area contributed by atoms with E-state index in [9.17, 15) is 4.79 Å². The second-order valence-electron chi connectivity index (χ2n) is 10.1. The summed E-state index contributed by atoms with van der Waals surface area (Å²) in [7, 11) is -1.86. The van der Waals surface area contributed by atoms with Crippen LogP contribution in [0.5, 0.6) is 5.75 Å². The molecule has 0 amide bonds. The number of carbonyl (C=O) groups excluding carboxylic acids is 1. The van der Waals surface area contributed by atoms with Crippen molar-refractivity contribution in [3.05, 3.63) is 82.1 Å². The van der Waals surface area contributed by atoms with Crippen molar-refractivity contribution in [3.63, 3.8) is 0 Å². The van der Waals surface area contributed by atoms with Crippen LogP contribution in [0.2, 0.25) is 23.2 Å². The predicted octanol–water partition coefficient (Wildman–Crippen LogP) is 8.09. The van der Waals surface area contributed by atoms with Crippen LogP contribution in [0.25, 0.3) is 23.3 Å². The predicted molar refractivity (Wildman–Crippen MR) is 149 cm³/mol. The van der Waals surface area contributed by atoms with Crippen molar-refractivity contribution in [3.8, 4) is 16.9 Å². The Hall–Kier alpha value is -2.73. The van der Waals surface area contributed by atoms with Gasteiger partial charge in [0.05, 0.1) is 17.9 Å². The topological polar surface area (TPSA) is 48.4 Å². The Balaban J connectivity index is 1.79. The van der Waals surface area contributed by atoms with Crippen LogP contribution in [0, 0.1) is 6.92 Å². The van der Waals surface area contributed by atoms with Gasteiger partial charge in [0, 0.05) is 11.2 Å². The number of nitrogens with zero attached hydrogens (tertiary/aromatic N) is 1. The molecular formula is C29H34ClNO3Si. The van der Waals surface area contributed by atoms with E-state index in [1.165, 1.54) is 0 Å². The molecule has 0 bridgehead atoms. The molecule has 0 saturated heterocycles. The van der Waals surface area contributed by atoms with Crippen molar-refractivity contribution < 1.29 is 14.0 Å². The molecule has 0 aliphatic carbocycles. The zero-order valence-electron chi connectivity index (χ0n) is 21.4. The van der Waals surface area contributed by atoms with Gasteiger partial charge in [-0.25, -0.2) is 0 Å². The van der Waals surface area contributed by atoms with Crippen LogP contribution in [0.1, 0.15) is 48.0 Å². The number of aromatic nitrogens is 1. The first-order valence-corrected chi connectivity index (χ1v) is 15.1. The lowest BCUT2D eigenvalue weighted by atomic mass is 10.00. The molecule has 4 nitrogen and oxygen atoms in total. The number of aldehydes is 1. The Labute approximate surface area is 215 Å². The number of pyridine rings is 1. The molecule has 0 aliphatic heterocycles. The second kappa shape index (κ2) is 11.3. The van der Waals surface area contributed by atoms with Gasteiger partial charge in [-0.05, 0) is 71.6 Å². The van der Waals surface area contributed by atoms with E-state index in [2.05, 4.69) is 57.9 Å². The Morgan fingerprint density at radius 2 is 1.71 bits per heavy atom. The highest BCUT2D eigenvalue weighted by molar-refractivity contribution is 6.74. The molecule has 35 heavy (non-hydrogen) atoms. The first kappa shape index (κ1) is 26.9. The summed E-state index contributed by atoms with van der Waals surface area (Å²) < 4.78 is 12.1. The average Bonchev–Trinajstić information content (AvgIpc) is 2.82. The maximum absolute atomic E-state index is 11.6. The third kappa shape index (κ3) is 6.69. The Bertz CT molecular complexity index is 1200. The van der Waals surface area contributed by atoms with Crippen LogP contribution < -0.4 is 4.74 Å². The van der Waals surface area contributed by atoms with E-state index in [4.69, 9.17) is 20.8 Å². The average molecular weight is 508 g/mol. The minimum absolute atomic E-state index is 0.128. The molecule has 0 atom stereocenters. The van der Waals surface area contributed by atoms with Crippen LogP contribution in [0.15, 0.2) is 54.7 Å². The molecule has 0 saturated carbocycles. The zero-order valence-corrected chi connectivity index (χ0v) is 23.1. The Morgan fingerprint density at radius 3 is 2.37 bits per heavy atom. The van der Waals surface area contributed by atoms with Crippen molar-refractivity contribution in [2.75, 3.05) is 13.2 Å². The fraction of sp³-hybridized carbons (Fsp3) is 0.310. The fourth-order valence-corrected chi connectivity index (χ4v) is 4.68. The van der Waals surface area contributed by atoms with Gasteiger partial charge < -0.3 is 9.16 Å². The molecule has 184 valence electrons. The van der Waals surface area contributed by atoms with E-state index in [0.717, 1.165) is 34.2 Å². The SMILES string of the molecule is Cc1c(-c2ccccc2)ccnc1/C=C/c1cc(OCCO[Si](C)(C)C(C)(C)C)c(C=O)cc1Cl. The quantitative estimate of drug-likeness (QED) is 0.167. The van der Waals surface area contributed by atoms with E-state index >= 15 is 0 Å². The van der Waals surface area contributed by atoms with Gasteiger partial charge in [-0.1, -0.05) is 68.8 Å². The summed E-state index contributed by atoms with van der Waals surface area (Å²) in [6.07, 6.45) is 6.41. The van der Waals surface area contributed by atoms with Gasteiger partial charge in [0.25, 0.3) is 0 Å². The van der Waals surface area contributed by atoms with Crippen LogP contribution in [-0.4, -0.2) is 32.8 Å². The highest BCUT2D eigenvalue weighted by Crippen LogP contribution is 2.36. The van der Waals surface area contributed by atoms with E-state index in [1.54, 1.807) is 12.1 Å². The molecule has 0 spiro atoms. The van der Waals surface area contributed by atoms with Crippen LogP contribution in [0.4, 0.5) is 0 Å². The molecule has 3 aromatic rings. The van der Waals surface area contributed by atoms with Crippen LogP contribution >= 0.6 is 11.6 Å². The molecule has 0 N–H and O–H groups in total. The maximum Gasteiger partial charge on any atom is 0.192 e. The number of benzene rings is 2. The Morgan fingerprint density at radius 1 is 1.00 bits per heavy atom. The first-order chi connectivity index (χ1) is 16.5. The van der Waals surface area contributed by atoms with Gasteiger partial charge in [-0.15, -0.1) is 0 Å². The summed E-state index contributed by atoms with van der Waals surface area (Å²) in [5.41, 5.74) is 5.38. The van der Waals surface area contributed by atoms with Crippen molar-refractivity contribution in [2.45, 2.75) is 45.8 Å². The smallest absolute Gasteiger partial charge is 0.192 e. The van der Waals surface area contributed by atoms with E-state index in [0.29, 0.717) is 29.5 Å². The zero-order chi connectivity index (χ0) is 25.6. The van der Waals surface area contributed by atoms with Crippen LogP contribution in [0.3, 0.4) is 0 Å². The van der Waals surface area contributed by atoms with Crippen molar-refractivity contribution in [2.24, 2.45) is 0 Å². The molecule has 0 aliphatic rings. The van der Waals surface area contributed by atoms with Gasteiger partial charge in [0.15, 0.2) is 14.6 Å². The fourth-order valence-electron chi connectivity index (χ4n) is 3.41. The molecule has 1 aromatic heterocycles. The molecule has 3 rings (SSSR count). The molecule has 6 heteroatoms. The van der Waals surface area contributed by atoms with Gasteiger partial charge in [0.2, 0.25) is 0 Å². The number of carbonyl (C=O) groups is 1. The number of rotatable bonds is 9. The van der Waals surface area contributed by atoms with E-state index in [-0.39, 0.29) is 5.04 Å².